The molecule has 2 N–H and O–H groups in total. The maximum atomic E-state index is 11.4. The monoisotopic (exact) mass is 165 g/mol. The number of rotatable bonds is 2. The van der Waals surface area contributed by atoms with Crippen molar-refractivity contribution in [1.82, 2.24) is 9.97 Å². The van der Waals surface area contributed by atoms with E-state index in [0.29, 0.717) is 0 Å². The molecule has 0 aliphatic carbocycles. The van der Waals surface area contributed by atoms with Gasteiger partial charge in [-0.1, -0.05) is 13.8 Å². The molecular weight excluding hydrogens is 154 g/mol. The van der Waals surface area contributed by atoms with Gasteiger partial charge in [0.05, 0.1) is 0 Å². The number of aromatic nitrogens is 2. The molecule has 64 valence electrons. The molecule has 0 aromatic carbocycles. The normalized spacial score (nSPS) is 10.2. The van der Waals surface area contributed by atoms with E-state index in [4.69, 9.17) is 5.73 Å². The predicted molar refractivity (Wildman–Crippen MR) is 45.6 cm³/mol. The summed E-state index contributed by atoms with van der Waals surface area (Å²) in [4.78, 5) is 19.0. The lowest BCUT2D eigenvalue weighted by atomic mass is 10.1. The van der Waals surface area contributed by atoms with E-state index < -0.39 is 0 Å². The van der Waals surface area contributed by atoms with E-state index in [9.17, 15) is 4.79 Å². The fourth-order valence-electron chi connectivity index (χ4n) is 0.812. The van der Waals surface area contributed by atoms with Crippen LogP contribution in [0.4, 0.5) is 5.82 Å². The maximum absolute atomic E-state index is 11.4. The summed E-state index contributed by atoms with van der Waals surface area (Å²) < 4.78 is 0. The summed E-state index contributed by atoms with van der Waals surface area (Å²) >= 11 is 0. The van der Waals surface area contributed by atoms with Crippen molar-refractivity contribution in [1.29, 1.82) is 0 Å². The average Bonchev–Trinajstić information content (AvgIpc) is 2.04. The molecule has 0 aliphatic heterocycles. The number of nitrogens with zero attached hydrogens (tertiary/aromatic N) is 2. The SMILES string of the molecule is CC(C)C(=O)c1nccnc1N. The van der Waals surface area contributed by atoms with Crippen LogP contribution in [0.5, 0.6) is 0 Å². The number of Topliss-reactive ketones (excluding diaryl/α,β-unsaturated/α-hetero) is 1. The van der Waals surface area contributed by atoms with E-state index >= 15 is 0 Å². The third kappa shape index (κ3) is 1.58. The van der Waals surface area contributed by atoms with Gasteiger partial charge in [-0.25, -0.2) is 9.97 Å². The molecule has 12 heavy (non-hydrogen) atoms. The zero-order valence-electron chi connectivity index (χ0n) is 7.11. The van der Waals surface area contributed by atoms with Crippen LogP contribution in [0.15, 0.2) is 12.4 Å². The highest BCUT2D eigenvalue weighted by Gasteiger charge is 2.14. The molecule has 0 bridgehead atoms. The minimum Gasteiger partial charge on any atom is -0.382 e. The van der Waals surface area contributed by atoms with E-state index in [0.717, 1.165) is 0 Å². The molecule has 0 spiro atoms. The van der Waals surface area contributed by atoms with Crippen molar-refractivity contribution >= 4 is 11.6 Å². The van der Waals surface area contributed by atoms with E-state index in [1.807, 2.05) is 0 Å². The number of hydrogen-bond donors (Lipinski definition) is 1. The Morgan fingerprint density at radius 1 is 1.42 bits per heavy atom. The number of nitrogens with two attached hydrogens (primary N) is 1. The van der Waals surface area contributed by atoms with Gasteiger partial charge in [0.1, 0.15) is 5.69 Å². The first-order valence-corrected chi connectivity index (χ1v) is 3.73. The molecule has 0 unspecified atom stereocenters. The van der Waals surface area contributed by atoms with E-state index in [2.05, 4.69) is 9.97 Å². The van der Waals surface area contributed by atoms with Crippen LogP contribution in [0.3, 0.4) is 0 Å². The van der Waals surface area contributed by atoms with Gasteiger partial charge in [-0.05, 0) is 0 Å². The zero-order chi connectivity index (χ0) is 9.14. The molecule has 0 fully saturated rings. The van der Waals surface area contributed by atoms with Crippen molar-refractivity contribution in [2.75, 3.05) is 5.73 Å². The fraction of sp³-hybridized carbons (Fsp3) is 0.375. The summed E-state index contributed by atoms with van der Waals surface area (Å²) in [5.41, 5.74) is 5.74. The van der Waals surface area contributed by atoms with Crippen molar-refractivity contribution < 1.29 is 4.79 Å². The lowest BCUT2D eigenvalue weighted by molar-refractivity contribution is 0.0935. The highest BCUT2D eigenvalue weighted by atomic mass is 16.1. The molecule has 1 rings (SSSR count). The smallest absolute Gasteiger partial charge is 0.187 e. The first kappa shape index (κ1) is 8.64. The van der Waals surface area contributed by atoms with Crippen LogP contribution in [0.25, 0.3) is 0 Å². The maximum Gasteiger partial charge on any atom is 0.187 e. The number of hydrogen-bond acceptors (Lipinski definition) is 4. The first-order chi connectivity index (χ1) is 5.63. The van der Waals surface area contributed by atoms with Crippen molar-refractivity contribution in [3.8, 4) is 0 Å². The molecule has 4 nitrogen and oxygen atoms in total. The van der Waals surface area contributed by atoms with Crippen LogP contribution in [0.1, 0.15) is 24.3 Å². The molecule has 0 aliphatic rings. The summed E-state index contributed by atoms with van der Waals surface area (Å²) in [7, 11) is 0. The number of ketones is 1. The fourth-order valence-corrected chi connectivity index (χ4v) is 0.812. The standard InChI is InChI=1S/C8H11N3O/c1-5(2)7(12)6-8(9)11-4-3-10-6/h3-5H,1-2H3,(H2,9,11). The molecule has 0 atom stereocenters. The van der Waals surface area contributed by atoms with Crippen LogP contribution in [-0.2, 0) is 0 Å². The first-order valence-electron chi connectivity index (χ1n) is 3.73. The summed E-state index contributed by atoms with van der Waals surface area (Å²) in [6, 6.07) is 0. The van der Waals surface area contributed by atoms with E-state index in [-0.39, 0.29) is 23.2 Å². The average molecular weight is 165 g/mol. The van der Waals surface area contributed by atoms with Gasteiger partial charge in [0.2, 0.25) is 0 Å². The Bertz CT molecular complexity index is 296. The predicted octanol–water partition coefficient (Wildman–Crippen LogP) is 0.897. The Morgan fingerprint density at radius 3 is 2.50 bits per heavy atom. The second-order valence-corrected chi connectivity index (χ2v) is 2.81. The van der Waals surface area contributed by atoms with Gasteiger partial charge in [0.15, 0.2) is 11.6 Å². The molecular formula is C8H11N3O. The molecule has 1 heterocycles. The van der Waals surface area contributed by atoms with Gasteiger partial charge >= 0.3 is 0 Å². The topological polar surface area (TPSA) is 68.9 Å². The van der Waals surface area contributed by atoms with Crippen molar-refractivity contribution in [3.05, 3.63) is 18.1 Å². The van der Waals surface area contributed by atoms with Crippen LogP contribution in [0.2, 0.25) is 0 Å². The minimum absolute atomic E-state index is 0.0689. The minimum atomic E-state index is -0.0935. The summed E-state index contributed by atoms with van der Waals surface area (Å²) in [5.74, 6) is 0.0424. The van der Waals surface area contributed by atoms with Crippen LogP contribution in [-0.4, -0.2) is 15.8 Å². The molecule has 0 radical (unpaired) electrons. The summed E-state index contributed by atoms with van der Waals surface area (Å²) in [6.45, 7) is 3.60. The van der Waals surface area contributed by atoms with Gasteiger partial charge in [-0.3, -0.25) is 4.79 Å². The van der Waals surface area contributed by atoms with Gasteiger partial charge in [-0.15, -0.1) is 0 Å². The van der Waals surface area contributed by atoms with Crippen molar-refractivity contribution in [3.63, 3.8) is 0 Å². The summed E-state index contributed by atoms with van der Waals surface area (Å²) in [6.07, 6.45) is 2.93. The van der Waals surface area contributed by atoms with Gasteiger partial charge < -0.3 is 5.73 Å². The largest absolute Gasteiger partial charge is 0.382 e. The van der Waals surface area contributed by atoms with Crippen LogP contribution in [0, 0.1) is 5.92 Å². The van der Waals surface area contributed by atoms with Crippen molar-refractivity contribution in [2.45, 2.75) is 13.8 Å². The molecule has 1 aromatic heterocycles. The van der Waals surface area contributed by atoms with Gasteiger partial charge in [0, 0.05) is 18.3 Å². The zero-order valence-corrected chi connectivity index (χ0v) is 7.11. The van der Waals surface area contributed by atoms with E-state index in [1.165, 1.54) is 12.4 Å². The molecule has 1 aromatic rings. The number of anilines is 1. The highest BCUT2D eigenvalue weighted by molar-refractivity contribution is 5.99. The summed E-state index contributed by atoms with van der Waals surface area (Å²) in [5, 5.41) is 0. The molecule has 4 heteroatoms. The lowest BCUT2D eigenvalue weighted by Gasteiger charge is -2.03. The molecule has 0 saturated heterocycles. The molecule has 0 saturated carbocycles. The third-order valence-electron chi connectivity index (χ3n) is 1.48. The second kappa shape index (κ2) is 3.30. The van der Waals surface area contributed by atoms with E-state index in [1.54, 1.807) is 13.8 Å². The van der Waals surface area contributed by atoms with Crippen LogP contribution < -0.4 is 5.73 Å². The van der Waals surface area contributed by atoms with Gasteiger partial charge in [-0.2, -0.15) is 0 Å². The Balaban J connectivity index is 3.03. The van der Waals surface area contributed by atoms with Gasteiger partial charge in [0.25, 0.3) is 0 Å². The number of nitrogen functional groups attached to an aromatic ring is 1. The Hall–Kier alpha value is -1.45. The Kier molecular flexibility index (Phi) is 2.38. The lowest BCUT2D eigenvalue weighted by Crippen LogP contribution is -2.13. The third-order valence-corrected chi connectivity index (χ3v) is 1.48. The highest BCUT2D eigenvalue weighted by Crippen LogP contribution is 2.09. The van der Waals surface area contributed by atoms with Crippen LogP contribution >= 0.6 is 0 Å². The quantitative estimate of drug-likeness (QED) is 0.661. The number of carbonyl (C=O) groups is 1. The Morgan fingerprint density at radius 2 is 2.00 bits per heavy atom. The Labute approximate surface area is 70.8 Å². The second-order valence-electron chi connectivity index (χ2n) is 2.81. The number of carbonyl (C=O) groups excluding carboxylic acids is 1. The van der Waals surface area contributed by atoms with Crippen molar-refractivity contribution in [2.24, 2.45) is 5.92 Å². The molecule has 0 amide bonds.